The third kappa shape index (κ3) is 11.4. The number of rotatable bonds is 11. The van der Waals surface area contributed by atoms with Crippen LogP contribution in [0, 0.1) is 23.2 Å². The van der Waals surface area contributed by atoms with Crippen molar-refractivity contribution in [3.8, 4) is 46.3 Å². The summed E-state index contributed by atoms with van der Waals surface area (Å²) in [6.45, 7) is 5.93. The molecule has 2 aromatic heterocycles. The van der Waals surface area contributed by atoms with Crippen LogP contribution in [0.15, 0.2) is 163 Å². The second-order valence-corrected chi connectivity index (χ2v) is 23.8. The molecule has 0 saturated carbocycles. The Hall–Kier alpha value is -9.19. The monoisotopic (exact) mass is 1150 g/mol. The number of carbonyl (C=O) groups excluding carboxylic acids is 3. The number of aryl methyl sites for hydroxylation is 1. The van der Waals surface area contributed by atoms with Crippen molar-refractivity contribution in [1.29, 1.82) is 0 Å². The number of aromatic nitrogens is 2. The van der Waals surface area contributed by atoms with Crippen molar-refractivity contribution in [2.75, 3.05) is 25.1 Å². The molecule has 0 saturated heterocycles. The fraction of sp³-hybridized carbons (Fsp3) is 0.319. The number of benzene rings is 5. The van der Waals surface area contributed by atoms with Gasteiger partial charge in [-0.3, -0.25) is 14.4 Å². The maximum Gasteiger partial charge on any atom is 0.302 e. The number of carbonyl (C=O) groups is 3. The minimum Gasteiger partial charge on any atom is -0.508 e. The van der Waals surface area contributed by atoms with Gasteiger partial charge in [0.25, 0.3) is 0 Å². The molecule has 440 valence electrons. The summed E-state index contributed by atoms with van der Waals surface area (Å²) in [6, 6.07) is 28.7. The van der Waals surface area contributed by atoms with Crippen LogP contribution in [-0.2, 0) is 38.4 Å². The molecule has 4 heterocycles. The smallest absolute Gasteiger partial charge is 0.302 e. The third-order valence-corrected chi connectivity index (χ3v) is 18.2. The van der Waals surface area contributed by atoms with E-state index in [9.17, 15) is 30.0 Å². The highest BCUT2D eigenvalue weighted by Gasteiger charge is 2.43. The number of hydrogen-bond acceptors (Lipinski definition) is 12. The van der Waals surface area contributed by atoms with Gasteiger partial charge in [-0.25, -0.2) is 0 Å². The Kier molecular flexibility index (Phi) is 16.0. The Morgan fingerprint density at radius 1 is 0.884 bits per heavy atom. The summed E-state index contributed by atoms with van der Waals surface area (Å²) >= 11 is 0. The topological polar surface area (TPSA) is 196 Å². The first kappa shape index (κ1) is 57.3. The average Bonchev–Trinajstić information content (AvgIpc) is 2.32. The van der Waals surface area contributed by atoms with Crippen LogP contribution in [0.5, 0.6) is 34.5 Å². The van der Waals surface area contributed by atoms with Gasteiger partial charge in [-0.2, -0.15) is 0 Å². The van der Waals surface area contributed by atoms with E-state index in [2.05, 4.69) is 81.3 Å². The van der Waals surface area contributed by atoms with Gasteiger partial charge in [0, 0.05) is 98.2 Å². The first-order valence-corrected chi connectivity index (χ1v) is 29.8. The highest BCUT2D eigenvalue weighted by atomic mass is 16.5. The highest BCUT2D eigenvalue weighted by molar-refractivity contribution is 6.00. The van der Waals surface area contributed by atoms with Gasteiger partial charge in [-0.15, -0.1) is 0 Å². The van der Waals surface area contributed by atoms with E-state index < -0.39 is 29.6 Å². The number of ketones is 2. The molecule has 7 aromatic rings. The number of esters is 1. The molecule has 2 aliphatic heterocycles. The summed E-state index contributed by atoms with van der Waals surface area (Å²) < 4.78 is 20.7. The lowest BCUT2D eigenvalue weighted by Crippen LogP contribution is -2.36. The Morgan fingerprint density at radius 2 is 1.73 bits per heavy atom. The molecule has 6 N–H and O–H groups in total. The number of methoxy groups -OCH3 is 1. The van der Waals surface area contributed by atoms with Gasteiger partial charge in [0.2, 0.25) is 5.75 Å². The van der Waals surface area contributed by atoms with Crippen molar-refractivity contribution >= 4 is 34.0 Å². The number of fused-ring (bicyclic) bond motifs is 3. The molecule has 3 aliphatic carbocycles. The number of nitrogens with zero attached hydrogens (tertiary/aromatic N) is 2. The number of aromatic hydroxyl groups is 3. The number of hydrogen-bond donors (Lipinski definition) is 6. The summed E-state index contributed by atoms with van der Waals surface area (Å²) in [7, 11) is 1.48. The first-order chi connectivity index (χ1) is 41.6. The van der Waals surface area contributed by atoms with Crippen LogP contribution in [0.4, 0.5) is 5.69 Å². The van der Waals surface area contributed by atoms with Crippen molar-refractivity contribution in [3.63, 3.8) is 0 Å². The normalized spacial score (nSPS) is 22.7. The van der Waals surface area contributed by atoms with E-state index in [-0.39, 0.29) is 83.1 Å². The summed E-state index contributed by atoms with van der Waals surface area (Å²) in [6.07, 6.45) is 18.9. The number of ether oxygens (including phenoxy) is 3. The van der Waals surface area contributed by atoms with Gasteiger partial charge in [0.1, 0.15) is 40.7 Å². The molecule has 1 spiro atoms. The zero-order chi connectivity index (χ0) is 59.8. The van der Waals surface area contributed by atoms with Crippen LogP contribution in [0.2, 0.25) is 0 Å². The van der Waals surface area contributed by atoms with Gasteiger partial charge in [-0.05, 0) is 144 Å². The number of dihydropyridines is 1. The first-order valence-electron chi connectivity index (χ1n) is 29.8. The fourth-order valence-corrected chi connectivity index (χ4v) is 14.1. The van der Waals surface area contributed by atoms with Gasteiger partial charge < -0.3 is 54.4 Å². The number of aliphatic hydroxyl groups is 1. The molecule has 5 aromatic carbocycles. The molecule has 0 radical (unpaired) electrons. The second-order valence-electron chi connectivity index (χ2n) is 23.8. The molecule has 86 heavy (non-hydrogen) atoms. The number of H-pyrrole nitrogens is 1. The number of anilines is 1. The maximum atomic E-state index is 15.4. The average molecular weight is 1150 g/mol. The van der Waals surface area contributed by atoms with Crippen LogP contribution < -0.4 is 19.7 Å². The van der Waals surface area contributed by atoms with Crippen LogP contribution in [0.1, 0.15) is 134 Å². The van der Waals surface area contributed by atoms with Crippen molar-refractivity contribution in [2.24, 2.45) is 11.3 Å². The largest absolute Gasteiger partial charge is 0.508 e. The lowest BCUT2D eigenvalue weighted by molar-refractivity contribution is -0.148. The molecule has 7 atom stereocenters. The van der Waals surface area contributed by atoms with E-state index in [1.807, 2.05) is 66.9 Å². The van der Waals surface area contributed by atoms with E-state index in [1.165, 1.54) is 20.1 Å². The predicted molar refractivity (Wildman–Crippen MR) is 331 cm³/mol. The molecule has 7 unspecified atom stereocenters. The Bertz CT molecular complexity index is 3990. The molecule has 0 fully saturated rings. The fourth-order valence-electron chi connectivity index (χ4n) is 14.1. The van der Waals surface area contributed by atoms with Gasteiger partial charge in [-0.1, -0.05) is 97.2 Å². The van der Waals surface area contributed by atoms with Gasteiger partial charge in [0.15, 0.2) is 11.5 Å². The lowest BCUT2D eigenvalue weighted by atomic mass is 9.61. The Morgan fingerprint density at radius 3 is 2.53 bits per heavy atom. The Balaban J connectivity index is 1.05. The van der Waals surface area contributed by atoms with Gasteiger partial charge >= 0.3 is 5.97 Å². The van der Waals surface area contributed by atoms with Gasteiger partial charge in [0.05, 0.1) is 30.9 Å². The highest BCUT2D eigenvalue weighted by Crippen LogP contribution is 2.53. The quantitative estimate of drug-likeness (QED) is 0.0531. The number of aliphatic hydroxyl groups excluding tert-OH is 1. The minimum atomic E-state index is -0.792. The Labute approximate surface area is 501 Å². The third-order valence-electron chi connectivity index (χ3n) is 18.2. The van der Waals surface area contributed by atoms with E-state index in [1.54, 1.807) is 37.3 Å². The lowest BCUT2D eigenvalue weighted by Gasteiger charge is -2.43. The number of allylic oxidation sites excluding steroid dienone is 6. The standard InChI is InChI=1S/C72H72N4O10/c1-43-11-8-15-52-16-10-18-58-60-41-73-40-51(60)39-72(43,52)26-23-56(85-45(3)78)36-55(81)38-64(50-33-66(83)71(67(34-50)84-4)86-57-31-47(30-54(80)37-57)29-46-12-6-5-7-13-46)76-42-61-62(20-19-59-65(82)22-21-63(76)70(59)61)75(28-25-44(2)77)68-35-49(24-27-74-68)69(58)48-14-9-17-53(79)32-48/h5-9,11-15,17,19-20,24,30-35,37,40-43,56,58,64-65,69,73-74,79-80,82-83H,16,21-23,25-29,36,38-39H2,1-4H3. The van der Waals surface area contributed by atoms with Crippen LogP contribution in [-0.4, -0.2) is 73.8 Å². The van der Waals surface area contributed by atoms with Crippen LogP contribution in [0.25, 0.3) is 10.8 Å². The number of nitrogens with one attached hydrogen (secondary N) is 2. The zero-order valence-electron chi connectivity index (χ0n) is 48.9. The molecular weight excluding hydrogens is 1080 g/mol. The number of Topliss-reactive ketones (excluding diaryl/α,β-unsaturated/α-hetero) is 2. The van der Waals surface area contributed by atoms with Crippen LogP contribution >= 0.6 is 0 Å². The molecule has 14 nitrogen and oxygen atoms in total. The van der Waals surface area contributed by atoms with E-state index >= 15 is 4.79 Å². The number of phenols is 3. The van der Waals surface area contributed by atoms with Crippen molar-refractivity contribution in [1.82, 2.24) is 14.9 Å². The molecule has 0 amide bonds. The number of aromatic amines is 1. The van der Waals surface area contributed by atoms with Crippen molar-refractivity contribution in [2.45, 2.75) is 115 Å². The molecular formula is C72H72N4O10. The van der Waals surface area contributed by atoms with E-state index in [0.717, 1.165) is 72.5 Å². The SMILES string of the molecule is COc1cc(C2CC(=O)CC(OC(C)=O)CCC34Cc5c[nH]cc5C(C#CCC3=CC=CC4C)C(c3cccc(O)c3)C3=CCNC(=C3)N(CCC(C)=O)c3ccc4c5c(n2cc35)CCC4O)cc(O)c1Oc1cc(O)cc(Cc2ccccc2)c1. The van der Waals surface area contributed by atoms with Crippen LogP contribution in [0.3, 0.4) is 0 Å². The van der Waals surface area contributed by atoms with E-state index in [4.69, 9.17) is 14.2 Å². The van der Waals surface area contributed by atoms with E-state index in [0.29, 0.717) is 63.6 Å². The molecule has 12 rings (SSSR count). The van der Waals surface area contributed by atoms with Crippen molar-refractivity contribution in [3.05, 3.63) is 208 Å². The number of phenolic OH excluding ortho intramolecular Hbond substituents is 3. The summed E-state index contributed by atoms with van der Waals surface area (Å²) in [5, 5.41) is 51.5. The summed E-state index contributed by atoms with van der Waals surface area (Å²) in [4.78, 5) is 47.4. The summed E-state index contributed by atoms with van der Waals surface area (Å²) in [5.41, 5.74) is 9.37. The maximum absolute atomic E-state index is 15.4. The summed E-state index contributed by atoms with van der Waals surface area (Å²) in [5.74, 6) is 7.13. The predicted octanol–water partition coefficient (Wildman–Crippen LogP) is 12.9. The minimum absolute atomic E-state index is 0.00200. The molecule has 14 heteroatoms. The molecule has 5 aliphatic rings. The zero-order valence-corrected chi connectivity index (χ0v) is 48.9. The second kappa shape index (κ2) is 24.1. The molecule has 6 bridgehead atoms. The van der Waals surface area contributed by atoms with Crippen molar-refractivity contribution < 1.29 is 49.0 Å².